The third-order valence-corrected chi connectivity index (χ3v) is 11.2. The summed E-state index contributed by atoms with van der Waals surface area (Å²) in [4.78, 5) is 21.8. The Hall–Kier alpha value is -3.62. The van der Waals surface area contributed by atoms with Gasteiger partial charge in [-0.1, -0.05) is 43.6 Å². The number of sulfone groups is 1. The highest BCUT2D eigenvalue weighted by molar-refractivity contribution is 7.91. The first kappa shape index (κ1) is 34.7. The van der Waals surface area contributed by atoms with E-state index in [1.54, 1.807) is 6.92 Å². The van der Waals surface area contributed by atoms with Crippen LogP contribution in [0.15, 0.2) is 53.4 Å². The standard InChI is InChI=1S/C32H37ClF3N5O5S/c1-3-14-47(44,45)21-7-5-6-19(15-21)23-16-20(33)8-9-22(23)28(32(34,35)36)46-27-17-26(39-30(37)40-27)41-12-10-31(11-13-41)18-24(29(42)43)38-25(31)4-2/h5-9,15-17,24-25,28,38H,3-4,10-14,18H2,1-2H3,(H,42,43)(H2,37,39,40)/t24?,25?,28-/m1/s1. The SMILES string of the molecule is CCCS(=O)(=O)c1cccc(-c2cc(Cl)ccc2[C@@H](Oc2cc(N3CCC4(CC3)CC(C(=O)O)NC4CC)nc(N)n2)C(F)(F)F)c1. The monoisotopic (exact) mass is 695 g/mol. The summed E-state index contributed by atoms with van der Waals surface area (Å²) in [7, 11) is -3.65. The Kier molecular flexibility index (Phi) is 9.95. The van der Waals surface area contributed by atoms with Crippen molar-refractivity contribution in [2.24, 2.45) is 5.41 Å². The normalized spacial score (nSPS) is 20.3. The summed E-state index contributed by atoms with van der Waals surface area (Å²) in [5.41, 5.74) is 5.72. The molecule has 1 spiro atoms. The number of hydrogen-bond donors (Lipinski definition) is 3. The number of hydrogen-bond acceptors (Lipinski definition) is 9. The molecular formula is C32H37ClF3N5O5S. The van der Waals surface area contributed by atoms with Gasteiger partial charge >= 0.3 is 12.1 Å². The number of nitrogens with zero attached hydrogens (tertiary/aromatic N) is 3. The highest BCUT2D eigenvalue weighted by atomic mass is 35.5. The van der Waals surface area contributed by atoms with Gasteiger partial charge in [-0.15, -0.1) is 0 Å². The maximum absolute atomic E-state index is 14.8. The van der Waals surface area contributed by atoms with Gasteiger partial charge in [0.1, 0.15) is 11.9 Å². The van der Waals surface area contributed by atoms with Crippen molar-refractivity contribution < 1.29 is 36.2 Å². The number of anilines is 2. The smallest absolute Gasteiger partial charge is 0.429 e. The Morgan fingerprint density at radius 1 is 1.17 bits per heavy atom. The van der Waals surface area contributed by atoms with Crippen LogP contribution in [0.4, 0.5) is 24.9 Å². The van der Waals surface area contributed by atoms with Crippen molar-refractivity contribution in [3.63, 3.8) is 0 Å². The fourth-order valence-electron chi connectivity index (χ4n) is 6.80. The molecule has 0 aliphatic carbocycles. The molecule has 1 aromatic heterocycles. The second-order valence-corrected chi connectivity index (χ2v) is 14.7. The first-order valence-corrected chi connectivity index (χ1v) is 17.4. The maximum atomic E-state index is 14.8. The van der Waals surface area contributed by atoms with Crippen molar-refractivity contribution >= 4 is 39.2 Å². The summed E-state index contributed by atoms with van der Waals surface area (Å²) in [6.07, 6.45) is -4.46. The third-order valence-electron chi connectivity index (χ3n) is 9.06. The average Bonchev–Trinajstić information content (AvgIpc) is 3.37. The molecule has 10 nitrogen and oxygen atoms in total. The predicted molar refractivity (Wildman–Crippen MR) is 172 cm³/mol. The molecule has 3 aromatic rings. The summed E-state index contributed by atoms with van der Waals surface area (Å²) in [5, 5.41) is 13.0. The Morgan fingerprint density at radius 2 is 1.89 bits per heavy atom. The van der Waals surface area contributed by atoms with Crippen LogP contribution >= 0.6 is 11.6 Å². The second kappa shape index (κ2) is 13.5. The Balaban J connectivity index is 1.44. The van der Waals surface area contributed by atoms with E-state index in [0.717, 1.165) is 6.42 Å². The zero-order valence-electron chi connectivity index (χ0n) is 25.9. The van der Waals surface area contributed by atoms with Gasteiger partial charge in [0.15, 0.2) is 9.84 Å². The minimum absolute atomic E-state index is 0.0131. The van der Waals surface area contributed by atoms with Crippen molar-refractivity contribution in [1.82, 2.24) is 15.3 Å². The van der Waals surface area contributed by atoms with Crippen LogP contribution in [0.3, 0.4) is 0 Å². The molecule has 15 heteroatoms. The van der Waals surface area contributed by atoms with Crippen LogP contribution in [0.1, 0.15) is 57.6 Å². The van der Waals surface area contributed by atoms with Crippen molar-refractivity contribution in [3.8, 4) is 17.0 Å². The molecular weight excluding hydrogens is 659 g/mol. The lowest BCUT2D eigenvalue weighted by molar-refractivity contribution is -0.198. The van der Waals surface area contributed by atoms with Gasteiger partial charge in [0, 0.05) is 35.8 Å². The number of aliphatic carboxylic acids is 1. The molecule has 0 radical (unpaired) electrons. The number of rotatable bonds is 10. The molecule has 3 heterocycles. The van der Waals surface area contributed by atoms with E-state index in [1.807, 2.05) is 11.8 Å². The Morgan fingerprint density at radius 3 is 2.53 bits per heavy atom. The maximum Gasteiger partial charge on any atom is 0.429 e. The first-order chi connectivity index (χ1) is 22.2. The van der Waals surface area contributed by atoms with Crippen molar-refractivity contribution in [2.75, 3.05) is 29.5 Å². The van der Waals surface area contributed by atoms with E-state index in [-0.39, 0.29) is 49.8 Å². The number of carboxylic acid groups (broad SMARTS) is 1. The van der Waals surface area contributed by atoms with Gasteiger partial charge in [0.2, 0.25) is 17.9 Å². The van der Waals surface area contributed by atoms with E-state index in [1.165, 1.54) is 48.5 Å². The highest BCUT2D eigenvalue weighted by Crippen LogP contribution is 2.46. The lowest BCUT2D eigenvalue weighted by Crippen LogP contribution is -2.46. The number of nitrogen functional groups attached to an aromatic ring is 1. The molecule has 2 fully saturated rings. The number of carboxylic acids is 1. The molecule has 2 aliphatic heterocycles. The molecule has 2 unspecified atom stereocenters. The van der Waals surface area contributed by atoms with Crippen LogP contribution in [0.5, 0.6) is 5.88 Å². The molecule has 254 valence electrons. The molecule has 5 rings (SSSR count). The molecule has 0 amide bonds. The Labute approximate surface area is 276 Å². The van der Waals surface area contributed by atoms with E-state index < -0.39 is 40.0 Å². The van der Waals surface area contributed by atoms with Gasteiger partial charge < -0.3 is 25.8 Å². The van der Waals surface area contributed by atoms with Gasteiger partial charge in [-0.2, -0.15) is 23.1 Å². The molecule has 2 saturated heterocycles. The summed E-state index contributed by atoms with van der Waals surface area (Å²) in [6.45, 7) is 4.71. The summed E-state index contributed by atoms with van der Waals surface area (Å²) < 4.78 is 75.3. The molecule has 2 aliphatic rings. The van der Waals surface area contributed by atoms with E-state index in [0.29, 0.717) is 44.6 Å². The minimum atomic E-state index is -4.92. The van der Waals surface area contributed by atoms with Crippen LogP contribution in [-0.2, 0) is 14.6 Å². The lowest BCUT2D eigenvalue weighted by Gasteiger charge is -2.43. The van der Waals surface area contributed by atoms with Crippen LogP contribution in [0.25, 0.3) is 11.1 Å². The summed E-state index contributed by atoms with van der Waals surface area (Å²) >= 11 is 6.22. The van der Waals surface area contributed by atoms with E-state index >= 15 is 0 Å². The zero-order chi connectivity index (χ0) is 34.1. The van der Waals surface area contributed by atoms with Gasteiger partial charge in [-0.05, 0) is 72.9 Å². The highest BCUT2D eigenvalue weighted by Gasteiger charge is 2.50. The van der Waals surface area contributed by atoms with Crippen molar-refractivity contribution in [3.05, 3.63) is 59.1 Å². The number of aromatic nitrogens is 2. The number of nitrogens with one attached hydrogen (secondary N) is 1. The topological polar surface area (TPSA) is 148 Å². The van der Waals surface area contributed by atoms with E-state index in [9.17, 15) is 31.5 Å². The van der Waals surface area contributed by atoms with Gasteiger partial charge in [-0.25, -0.2) is 8.42 Å². The molecule has 47 heavy (non-hydrogen) atoms. The van der Waals surface area contributed by atoms with Gasteiger partial charge in [-0.3, -0.25) is 4.79 Å². The average molecular weight is 696 g/mol. The molecule has 0 bridgehead atoms. The number of halogens is 4. The van der Waals surface area contributed by atoms with Gasteiger partial charge in [0.05, 0.1) is 10.6 Å². The Bertz CT molecular complexity index is 1730. The summed E-state index contributed by atoms with van der Waals surface area (Å²) in [5.74, 6) is -1.37. The number of ether oxygens (including phenoxy) is 1. The van der Waals surface area contributed by atoms with Crippen LogP contribution in [0, 0.1) is 5.41 Å². The fourth-order valence-corrected chi connectivity index (χ4v) is 8.34. The molecule has 0 saturated carbocycles. The van der Waals surface area contributed by atoms with E-state index in [4.69, 9.17) is 22.1 Å². The minimum Gasteiger partial charge on any atom is -0.480 e. The number of benzene rings is 2. The number of alkyl halides is 3. The molecule has 3 atom stereocenters. The quantitative estimate of drug-likeness (QED) is 0.229. The third kappa shape index (κ3) is 7.44. The predicted octanol–water partition coefficient (Wildman–Crippen LogP) is 6.06. The number of piperidine rings is 1. The molecule has 2 aromatic carbocycles. The largest absolute Gasteiger partial charge is 0.480 e. The van der Waals surface area contributed by atoms with Crippen LogP contribution in [0.2, 0.25) is 5.02 Å². The molecule has 4 N–H and O–H groups in total. The second-order valence-electron chi connectivity index (χ2n) is 12.1. The van der Waals surface area contributed by atoms with Crippen LogP contribution < -0.4 is 20.7 Å². The fraction of sp³-hybridized carbons (Fsp3) is 0.469. The lowest BCUT2D eigenvalue weighted by atomic mass is 9.71. The number of nitrogens with two attached hydrogens (primary N) is 1. The van der Waals surface area contributed by atoms with Crippen LogP contribution in [-0.4, -0.2) is 66.6 Å². The van der Waals surface area contributed by atoms with E-state index in [2.05, 4.69) is 15.3 Å². The summed E-state index contributed by atoms with van der Waals surface area (Å²) in [6, 6.07) is 10.3. The first-order valence-electron chi connectivity index (χ1n) is 15.4. The zero-order valence-corrected chi connectivity index (χ0v) is 27.5. The van der Waals surface area contributed by atoms with Gasteiger partial charge in [0.25, 0.3) is 0 Å². The van der Waals surface area contributed by atoms with Crippen molar-refractivity contribution in [2.45, 2.75) is 75.2 Å². The van der Waals surface area contributed by atoms with Crippen molar-refractivity contribution in [1.29, 1.82) is 0 Å². The number of carbonyl (C=O) groups is 1.